The molecule has 0 radical (unpaired) electrons. The summed E-state index contributed by atoms with van der Waals surface area (Å²) in [4.78, 5) is 49.6. The Morgan fingerprint density at radius 2 is 0.927 bits per heavy atom. The van der Waals surface area contributed by atoms with E-state index in [-0.39, 0.29) is 25.9 Å². The number of hydrogen-bond acceptors (Lipinski definition) is 5. The number of benzene rings is 2. The lowest BCUT2D eigenvalue weighted by molar-refractivity contribution is -0.159. The fourth-order valence-corrected chi connectivity index (χ4v) is 7.98. The Morgan fingerprint density at radius 3 is 1.24 bits per heavy atom. The van der Waals surface area contributed by atoms with Crippen molar-refractivity contribution in [2.45, 2.75) is 38.5 Å². The molecular formula is C30H38Br4N4O3. The molecule has 0 aliphatic carbocycles. The Morgan fingerprint density at radius 1 is 0.585 bits per heavy atom. The van der Waals surface area contributed by atoms with Crippen LogP contribution in [-0.2, 0) is 22.4 Å². The van der Waals surface area contributed by atoms with Crippen LogP contribution in [0.15, 0.2) is 54.3 Å². The fourth-order valence-electron chi connectivity index (χ4n) is 5.21. The predicted octanol–water partition coefficient (Wildman–Crippen LogP) is 6.98. The molecule has 7 nitrogen and oxygen atoms in total. The van der Waals surface area contributed by atoms with Gasteiger partial charge in [0, 0.05) is 31.0 Å². The minimum atomic E-state index is -1.47. The Bertz CT molecular complexity index is 1120. The molecule has 0 saturated carbocycles. The zero-order valence-corrected chi connectivity index (χ0v) is 30.4. The lowest BCUT2D eigenvalue weighted by atomic mass is 9.72. The monoisotopic (exact) mass is 818 g/mol. The van der Waals surface area contributed by atoms with Crippen molar-refractivity contribution in [3.63, 3.8) is 0 Å². The van der Waals surface area contributed by atoms with E-state index in [4.69, 9.17) is 0 Å². The number of carbonyl (C=O) groups is 3. The van der Waals surface area contributed by atoms with Crippen LogP contribution in [0.5, 0.6) is 0 Å². The lowest BCUT2D eigenvalue weighted by Crippen LogP contribution is -2.66. The van der Waals surface area contributed by atoms with Gasteiger partial charge in [-0.05, 0) is 127 Å². The second-order valence-corrected chi connectivity index (χ2v) is 14.9. The van der Waals surface area contributed by atoms with E-state index in [1.54, 1.807) is 0 Å². The van der Waals surface area contributed by atoms with Crippen molar-refractivity contribution in [1.82, 2.24) is 19.6 Å². The van der Waals surface area contributed by atoms with Crippen molar-refractivity contribution in [2.24, 2.45) is 5.41 Å². The molecule has 1 saturated heterocycles. The highest BCUT2D eigenvalue weighted by Gasteiger charge is 2.57. The molecule has 0 bridgehead atoms. The number of nitrogens with zero attached hydrogens (tertiary/aromatic N) is 4. The maximum atomic E-state index is 14.5. The van der Waals surface area contributed by atoms with E-state index < -0.39 is 23.3 Å². The van der Waals surface area contributed by atoms with Gasteiger partial charge in [0.15, 0.2) is 0 Å². The van der Waals surface area contributed by atoms with Crippen LogP contribution in [-0.4, -0.2) is 91.8 Å². The summed E-state index contributed by atoms with van der Waals surface area (Å²) in [6, 6.07) is 11.1. The van der Waals surface area contributed by atoms with E-state index in [9.17, 15) is 14.4 Å². The van der Waals surface area contributed by atoms with Crippen molar-refractivity contribution < 1.29 is 14.4 Å². The number of barbiturate groups is 1. The van der Waals surface area contributed by atoms with Gasteiger partial charge in [0.25, 0.3) is 0 Å². The van der Waals surface area contributed by atoms with Crippen LogP contribution >= 0.6 is 63.7 Å². The highest BCUT2D eigenvalue weighted by atomic mass is 79.9. The zero-order chi connectivity index (χ0) is 30.3. The van der Waals surface area contributed by atoms with Gasteiger partial charge in [-0.3, -0.25) is 19.4 Å². The summed E-state index contributed by atoms with van der Waals surface area (Å²) in [5, 5.41) is 0. The van der Waals surface area contributed by atoms with Gasteiger partial charge < -0.3 is 9.80 Å². The van der Waals surface area contributed by atoms with Gasteiger partial charge in [-0.2, -0.15) is 0 Å². The van der Waals surface area contributed by atoms with Crippen molar-refractivity contribution in [1.29, 1.82) is 0 Å². The zero-order valence-electron chi connectivity index (χ0n) is 24.1. The molecule has 0 atom stereocenters. The van der Waals surface area contributed by atoms with Crippen LogP contribution in [0.1, 0.15) is 36.8 Å². The number of imide groups is 2. The minimum absolute atomic E-state index is 0.169. The Kier molecular flexibility index (Phi) is 13.1. The van der Waals surface area contributed by atoms with Crippen LogP contribution in [0.3, 0.4) is 0 Å². The van der Waals surface area contributed by atoms with E-state index in [0.717, 1.165) is 54.9 Å². The van der Waals surface area contributed by atoms with Crippen LogP contribution in [0.25, 0.3) is 0 Å². The first-order chi connectivity index (χ1) is 19.3. The molecule has 224 valence electrons. The summed E-state index contributed by atoms with van der Waals surface area (Å²) < 4.78 is 3.37. The summed E-state index contributed by atoms with van der Waals surface area (Å²) >= 11 is 14.2. The molecule has 0 aromatic heterocycles. The van der Waals surface area contributed by atoms with Crippen LogP contribution in [0.4, 0.5) is 4.79 Å². The molecule has 0 N–H and O–H groups in total. The van der Waals surface area contributed by atoms with Gasteiger partial charge in [-0.25, -0.2) is 4.79 Å². The third-order valence-electron chi connectivity index (χ3n) is 7.10. The summed E-state index contributed by atoms with van der Waals surface area (Å²) in [7, 11) is 8.01. The molecule has 3 rings (SSSR count). The number of hydrogen-bond donors (Lipinski definition) is 0. The summed E-state index contributed by atoms with van der Waals surface area (Å²) in [5.41, 5.74) is 0.185. The van der Waals surface area contributed by atoms with E-state index in [1.807, 2.05) is 64.6 Å². The number of urea groups is 1. The molecule has 1 heterocycles. The van der Waals surface area contributed by atoms with Crippen LogP contribution in [0.2, 0.25) is 0 Å². The number of unbranched alkanes of at least 4 members (excludes halogenated alkanes) is 2. The van der Waals surface area contributed by atoms with E-state index >= 15 is 0 Å². The number of carbonyl (C=O) groups excluding carboxylic acids is 3. The maximum Gasteiger partial charge on any atom is 0.333 e. The molecule has 1 aliphatic heterocycles. The molecule has 0 unspecified atom stereocenters. The summed E-state index contributed by atoms with van der Waals surface area (Å²) in [5.74, 6) is -0.844. The lowest BCUT2D eigenvalue weighted by Gasteiger charge is -2.44. The standard InChI is InChI=1S/C30H38Br4N4O3/c1-35(2)9-5-7-11-37-27(39)30(19-21-13-23(31)17-24(32)14-21,20-22-15-25(33)18-26(34)16-22)28(40)38(29(37)41)12-8-6-10-36(3)4/h13-18H,5-12,19-20H2,1-4H3. The quantitative estimate of drug-likeness (QED) is 0.152. The average molecular weight is 822 g/mol. The number of amides is 4. The van der Waals surface area contributed by atoms with Gasteiger partial charge in [0.2, 0.25) is 11.8 Å². The third kappa shape index (κ3) is 9.44. The first kappa shape index (κ1) is 34.4. The molecule has 0 spiro atoms. The smallest absolute Gasteiger partial charge is 0.309 e. The van der Waals surface area contributed by atoms with Crippen LogP contribution < -0.4 is 0 Å². The Hall–Kier alpha value is -1.11. The van der Waals surface area contributed by atoms with Crippen LogP contribution in [0, 0.1) is 5.41 Å². The topological polar surface area (TPSA) is 64.2 Å². The Balaban J connectivity index is 2.09. The average Bonchev–Trinajstić information content (AvgIpc) is 2.85. The molecule has 1 aliphatic rings. The highest BCUT2D eigenvalue weighted by molar-refractivity contribution is 9.11. The first-order valence-corrected chi connectivity index (χ1v) is 16.9. The number of rotatable bonds is 14. The largest absolute Gasteiger partial charge is 0.333 e. The molecule has 2 aromatic carbocycles. The summed E-state index contributed by atoms with van der Waals surface area (Å²) in [6.07, 6.45) is 3.35. The highest BCUT2D eigenvalue weighted by Crippen LogP contribution is 2.39. The van der Waals surface area contributed by atoms with Gasteiger partial charge >= 0.3 is 6.03 Å². The SMILES string of the molecule is CN(C)CCCCN1C(=O)N(CCCCN(C)C)C(=O)C(Cc2cc(Br)cc(Br)c2)(Cc2cc(Br)cc(Br)c2)C1=O. The second-order valence-electron chi connectivity index (χ2n) is 11.2. The molecule has 4 amide bonds. The maximum absolute atomic E-state index is 14.5. The second kappa shape index (κ2) is 15.6. The molecule has 1 fully saturated rings. The van der Waals surface area contributed by atoms with E-state index in [2.05, 4.69) is 73.5 Å². The molecule has 2 aromatic rings. The first-order valence-electron chi connectivity index (χ1n) is 13.7. The minimum Gasteiger partial charge on any atom is -0.309 e. The third-order valence-corrected chi connectivity index (χ3v) is 8.93. The van der Waals surface area contributed by atoms with E-state index in [1.165, 1.54) is 9.80 Å². The van der Waals surface area contributed by atoms with Gasteiger partial charge in [0.1, 0.15) is 5.41 Å². The molecule has 11 heteroatoms. The van der Waals surface area contributed by atoms with Gasteiger partial charge in [0.05, 0.1) is 0 Å². The van der Waals surface area contributed by atoms with Crippen molar-refractivity contribution in [3.05, 3.63) is 65.4 Å². The normalized spacial score (nSPS) is 15.5. The summed E-state index contributed by atoms with van der Waals surface area (Å²) in [6.45, 7) is 2.26. The molecule has 41 heavy (non-hydrogen) atoms. The van der Waals surface area contributed by atoms with Crippen molar-refractivity contribution >= 4 is 81.6 Å². The fraction of sp³-hybridized carbons (Fsp3) is 0.500. The molecular weight excluding hydrogens is 784 g/mol. The Labute approximate surface area is 277 Å². The van der Waals surface area contributed by atoms with Gasteiger partial charge in [-0.1, -0.05) is 63.7 Å². The number of halogens is 4. The van der Waals surface area contributed by atoms with Gasteiger partial charge in [-0.15, -0.1) is 0 Å². The predicted molar refractivity (Wildman–Crippen MR) is 178 cm³/mol. The van der Waals surface area contributed by atoms with Crippen molar-refractivity contribution in [2.75, 3.05) is 54.4 Å². The van der Waals surface area contributed by atoms with E-state index in [0.29, 0.717) is 12.8 Å². The van der Waals surface area contributed by atoms with Crippen molar-refractivity contribution in [3.8, 4) is 0 Å².